The molecule has 2 saturated heterocycles. The van der Waals surface area contributed by atoms with E-state index in [0.717, 1.165) is 90.6 Å². The van der Waals surface area contributed by atoms with Crippen molar-refractivity contribution in [3.63, 3.8) is 0 Å². The molecule has 0 aromatic heterocycles. The summed E-state index contributed by atoms with van der Waals surface area (Å²) in [6, 6.07) is 9.39. The van der Waals surface area contributed by atoms with Crippen molar-refractivity contribution < 1.29 is 14.3 Å². The first-order valence-corrected chi connectivity index (χ1v) is 11.6. The van der Waals surface area contributed by atoms with E-state index in [1.807, 2.05) is 30.3 Å². The van der Waals surface area contributed by atoms with Crippen LogP contribution in [0.2, 0.25) is 0 Å². The summed E-state index contributed by atoms with van der Waals surface area (Å²) in [6.45, 7) is 11.2. The zero-order chi connectivity index (χ0) is 22.2. The van der Waals surface area contributed by atoms with Gasteiger partial charge in [-0.05, 0) is 44.5 Å². The van der Waals surface area contributed by atoms with Crippen LogP contribution in [0.4, 0.5) is 0 Å². The standard InChI is InChI=1S/C16H25N3O2.C7H16N2O/c17-15(13-14-5-2-1-3-6-14)16(20)18-7-4-8-19-9-11-21-12-10-19;8-2-1-3-9-4-6-10-7-5-9/h1-3,5-6,15H,4,7-13,17H2,(H,18,20);1-8H2. The van der Waals surface area contributed by atoms with Gasteiger partial charge in [0.05, 0.1) is 32.5 Å². The molecule has 1 aromatic carbocycles. The van der Waals surface area contributed by atoms with Crippen LogP contribution in [0.5, 0.6) is 0 Å². The molecule has 0 radical (unpaired) electrons. The molecule has 8 heteroatoms. The number of amides is 1. The van der Waals surface area contributed by atoms with Crippen LogP contribution < -0.4 is 16.8 Å². The number of nitrogens with zero attached hydrogens (tertiary/aromatic N) is 2. The van der Waals surface area contributed by atoms with Gasteiger partial charge >= 0.3 is 0 Å². The minimum atomic E-state index is -0.476. The van der Waals surface area contributed by atoms with Gasteiger partial charge in [0.25, 0.3) is 0 Å². The fourth-order valence-corrected chi connectivity index (χ4v) is 3.57. The molecule has 0 spiro atoms. The van der Waals surface area contributed by atoms with E-state index in [2.05, 4.69) is 15.1 Å². The van der Waals surface area contributed by atoms with E-state index in [1.165, 1.54) is 0 Å². The Morgan fingerprint density at radius 1 is 0.935 bits per heavy atom. The molecule has 2 heterocycles. The third-order valence-electron chi connectivity index (χ3n) is 5.47. The smallest absolute Gasteiger partial charge is 0.237 e. The monoisotopic (exact) mass is 435 g/mol. The number of carbonyl (C=O) groups is 1. The van der Waals surface area contributed by atoms with Crippen LogP contribution in [0, 0.1) is 0 Å². The second-order valence-corrected chi connectivity index (χ2v) is 7.99. The number of morpholine rings is 2. The largest absolute Gasteiger partial charge is 0.379 e. The molecule has 176 valence electrons. The lowest BCUT2D eigenvalue weighted by molar-refractivity contribution is -0.122. The quantitative estimate of drug-likeness (QED) is 0.446. The van der Waals surface area contributed by atoms with E-state index in [0.29, 0.717) is 13.0 Å². The molecule has 31 heavy (non-hydrogen) atoms. The Morgan fingerprint density at radius 2 is 1.48 bits per heavy atom. The van der Waals surface area contributed by atoms with Gasteiger partial charge in [0.1, 0.15) is 0 Å². The molecule has 2 fully saturated rings. The molecule has 1 unspecified atom stereocenters. The summed E-state index contributed by atoms with van der Waals surface area (Å²) in [5, 5.41) is 2.92. The maximum atomic E-state index is 11.9. The molecule has 2 aliphatic heterocycles. The number of carbonyl (C=O) groups excluding carboxylic acids is 1. The molecule has 0 aliphatic carbocycles. The average Bonchev–Trinajstić information content (AvgIpc) is 2.83. The zero-order valence-corrected chi connectivity index (χ0v) is 18.8. The van der Waals surface area contributed by atoms with Gasteiger partial charge < -0.3 is 26.3 Å². The minimum Gasteiger partial charge on any atom is -0.379 e. The van der Waals surface area contributed by atoms with E-state index in [-0.39, 0.29) is 5.91 Å². The molecule has 0 saturated carbocycles. The van der Waals surface area contributed by atoms with E-state index < -0.39 is 6.04 Å². The summed E-state index contributed by atoms with van der Waals surface area (Å²) in [5.74, 6) is -0.0687. The number of hydrogen-bond donors (Lipinski definition) is 3. The highest BCUT2D eigenvalue weighted by molar-refractivity contribution is 5.81. The van der Waals surface area contributed by atoms with E-state index >= 15 is 0 Å². The van der Waals surface area contributed by atoms with Gasteiger partial charge in [-0.15, -0.1) is 0 Å². The Kier molecular flexibility index (Phi) is 13.4. The maximum absolute atomic E-state index is 11.9. The van der Waals surface area contributed by atoms with Gasteiger partial charge in [-0.1, -0.05) is 30.3 Å². The van der Waals surface area contributed by atoms with Crippen LogP contribution >= 0.6 is 0 Å². The molecule has 1 atom stereocenters. The lowest BCUT2D eigenvalue weighted by Crippen LogP contribution is -2.43. The summed E-state index contributed by atoms with van der Waals surface area (Å²) in [5.41, 5.74) is 12.4. The fraction of sp³-hybridized carbons (Fsp3) is 0.696. The topological polar surface area (TPSA) is 106 Å². The van der Waals surface area contributed by atoms with Gasteiger partial charge in [-0.25, -0.2) is 0 Å². The van der Waals surface area contributed by atoms with Crippen molar-refractivity contribution in [1.29, 1.82) is 0 Å². The Balaban J connectivity index is 0.000000285. The van der Waals surface area contributed by atoms with E-state index in [1.54, 1.807) is 0 Å². The summed E-state index contributed by atoms with van der Waals surface area (Å²) >= 11 is 0. The lowest BCUT2D eigenvalue weighted by Gasteiger charge is -2.26. The molecule has 1 amide bonds. The predicted molar refractivity (Wildman–Crippen MR) is 124 cm³/mol. The van der Waals surface area contributed by atoms with Crippen molar-refractivity contribution in [2.24, 2.45) is 11.5 Å². The van der Waals surface area contributed by atoms with Crippen molar-refractivity contribution in [3.05, 3.63) is 35.9 Å². The summed E-state index contributed by atoms with van der Waals surface area (Å²) < 4.78 is 10.5. The number of rotatable bonds is 10. The number of ether oxygens (including phenoxy) is 2. The van der Waals surface area contributed by atoms with Gasteiger partial charge in [-0.2, -0.15) is 0 Å². The third kappa shape index (κ3) is 11.6. The predicted octanol–water partition coefficient (Wildman–Crippen LogP) is 0.0623. The normalized spacial score (nSPS) is 18.6. The number of benzene rings is 1. The maximum Gasteiger partial charge on any atom is 0.237 e. The fourth-order valence-electron chi connectivity index (χ4n) is 3.57. The van der Waals surface area contributed by atoms with Crippen LogP contribution in [0.1, 0.15) is 18.4 Å². The highest BCUT2D eigenvalue weighted by atomic mass is 16.5. The average molecular weight is 436 g/mol. The first kappa shape index (κ1) is 25.7. The molecular weight excluding hydrogens is 394 g/mol. The van der Waals surface area contributed by atoms with Crippen LogP contribution in [0.3, 0.4) is 0 Å². The van der Waals surface area contributed by atoms with Crippen LogP contribution in [0.25, 0.3) is 0 Å². The third-order valence-corrected chi connectivity index (χ3v) is 5.47. The van der Waals surface area contributed by atoms with Crippen LogP contribution in [0.15, 0.2) is 30.3 Å². The lowest BCUT2D eigenvalue weighted by atomic mass is 10.1. The van der Waals surface area contributed by atoms with Crippen molar-refractivity contribution in [1.82, 2.24) is 15.1 Å². The van der Waals surface area contributed by atoms with Crippen molar-refractivity contribution in [2.45, 2.75) is 25.3 Å². The SMILES string of the molecule is NC(Cc1ccccc1)C(=O)NCCCN1CCOCC1.NCCCN1CCOCC1. The number of nitrogens with one attached hydrogen (secondary N) is 1. The van der Waals surface area contributed by atoms with E-state index in [4.69, 9.17) is 20.9 Å². The first-order chi connectivity index (χ1) is 15.2. The molecule has 2 aliphatic rings. The summed E-state index contributed by atoms with van der Waals surface area (Å²) in [4.78, 5) is 16.7. The highest BCUT2D eigenvalue weighted by Gasteiger charge is 2.14. The Morgan fingerprint density at radius 3 is 2.03 bits per heavy atom. The van der Waals surface area contributed by atoms with Gasteiger partial charge in [0.15, 0.2) is 0 Å². The Labute approximate surface area is 187 Å². The van der Waals surface area contributed by atoms with Crippen molar-refractivity contribution >= 4 is 5.91 Å². The summed E-state index contributed by atoms with van der Waals surface area (Å²) in [7, 11) is 0. The number of hydrogen-bond acceptors (Lipinski definition) is 7. The highest BCUT2D eigenvalue weighted by Crippen LogP contribution is 2.02. The first-order valence-electron chi connectivity index (χ1n) is 11.6. The Bertz CT molecular complexity index is 578. The molecule has 0 bridgehead atoms. The summed E-state index contributed by atoms with van der Waals surface area (Å²) in [6.07, 6.45) is 2.64. The van der Waals surface area contributed by atoms with Crippen LogP contribution in [-0.4, -0.2) is 101 Å². The molecule has 8 nitrogen and oxygen atoms in total. The van der Waals surface area contributed by atoms with Crippen molar-refractivity contribution in [3.8, 4) is 0 Å². The molecular formula is C23H41N5O3. The second kappa shape index (κ2) is 16.1. The Hall–Kier alpha value is -1.55. The number of nitrogens with two attached hydrogens (primary N) is 2. The van der Waals surface area contributed by atoms with Crippen molar-refractivity contribution in [2.75, 3.05) is 78.8 Å². The molecule has 3 rings (SSSR count). The van der Waals surface area contributed by atoms with Gasteiger partial charge in [-0.3, -0.25) is 14.6 Å². The van der Waals surface area contributed by atoms with Crippen LogP contribution in [-0.2, 0) is 20.7 Å². The second-order valence-electron chi connectivity index (χ2n) is 7.99. The van der Waals surface area contributed by atoms with E-state index in [9.17, 15) is 4.79 Å². The minimum absolute atomic E-state index is 0.0687. The zero-order valence-electron chi connectivity index (χ0n) is 18.8. The molecule has 1 aromatic rings. The van der Waals surface area contributed by atoms with Gasteiger partial charge in [0, 0.05) is 32.7 Å². The molecule has 5 N–H and O–H groups in total. The van der Waals surface area contributed by atoms with Gasteiger partial charge in [0.2, 0.25) is 5.91 Å².